The number of ether oxygens (including phenoxy) is 1. The van der Waals surface area contributed by atoms with Crippen LogP contribution in [0.15, 0.2) is 73.1 Å². The number of amides is 1. The fourth-order valence-corrected chi connectivity index (χ4v) is 3.20. The third kappa shape index (κ3) is 3.68. The lowest BCUT2D eigenvalue weighted by Crippen LogP contribution is -2.42. The first-order valence-corrected chi connectivity index (χ1v) is 8.83. The Bertz CT molecular complexity index is 861. The van der Waals surface area contributed by atoms with E-state index in [0.717, 1.165) is 16.8 Å². The van der Waals surface area contributed by atoms with Crippen molar-refractivity contribution in [3.63, 3.8) is 0 Å². The normalized spacial score (nSPS) is 17.2. The molecular weight excluding hydrogens is 326 g/mol. The molecular formula is C21H21N3O2. The Morgan fingerprint density at radius 1 is 1.08 bits per heavy atom. The van der Waals surface area contributed by atoms with Crippen molar-refractivity contribution < 1.29 is 9.53 Å². The first kappa shape index (κ1) is 16.5. The van der Waals surface area contributed by atoms with Gasteiger partial charge in [0, 0.05) is 12.7 Å². The first-order chi connectivity index (χ1) is 12.8. The van der Waals surface area contributed by atoms with Crippen molar-refractivity contribution in [1.82, 2.24) is 14.7 Å². The molecule has 0 N–H and O–H groups in total. The molecule has 0 aliphatic carbocycles. The van der Waals surface area contributed by atoms with Gasteiger partial charge in [-0.2, -0.15) is 5.10 Å². The highest BCUT2D eigenvalue weighted by Crippen LogP contribution is 2.22. The Morgan fingerprint density at radius 3 is 2.58 bits per heavy atom. The Labute approximate surface area is 152 Å². The van der Waals surface area contributed by atoms with Crippen molar-refractivity contribution in [2.45, 2.75) is 12.5 Å². The van der Waals surface area contributed by atoms with E-state index < -0.39 is 0 Å². The lowest BCUT2D eigenvalue weighted by molar-refractivity contribution is -0.138. The molecule has 5 heteroatoms. The zero-order valence-corrected chi connectivity index (χ0v) is 14.5. The first-order valence-electron chi connectivity index (χ1n) is 8.83. The van der Waals surface area contributed by atoms with Gasteiger partial charge in [0.2, 0.25) is 5.91 Å². The lowest BCUT2D eigenvalue weighted by atomic mass is 10.1. The molecule has 0 saturated carbocycles. The zero-order chi connectivity index (χ0) is 17.8. The van der Waals surface area contributed by atoms with Crippen LogP contribution in [0, 0.1) is 0 Å². The van der Waals surface area contributed by atoms with Gasteiger partial charge in [-0.25, -0.2) is 4.68 Å². The summed E-state index contributed by atoms with van der Waals surface area (Å²) in [6.45, 7) is 1.79. The summed E-state index contributed by atoms with van der Waals surface area (Å²) in [5.41, 5.74) is 3.02. The average Bonchev–Trinajstić information content (AvgIpc) is 3.18. The topological polar surface area (TPSA) is 47.4 Å². The van der Waals surface area contributed by atoms with Crippen molar-refractivity contribution >= 4 is 5.91 Å². The summed E-state index contributed by atoms with van der Waals surface area (Å²) < 4.78 is 7.65. The van der Waals surface area contributed by atoms with Gasteiger partial charge in [-0.05, 0) is 23.3 Å². The van der Waals surface area contributed by atoms with Gasteiger partial charge < -0.3 is 9.64 Å². The maximum absolute atomic E-state index is 12.7. The number of nitrogens with zero attached hydrogens (tertiary/aromatic N) is 3. The molecule has 132 valence electrons. The van der Waals surface area contributed by atoms with E-state index in [9.17, 15) is 4.79 Å². The van der Waals surface area contributed by atoms with Crippen LogP contribution in [-0.4, -0.2) is 40.3 Å². The van der Waals surface area contributed by atoms with E-state index in [1.54, 1.807) is 10.9 Å². The highest BCUT2D eigenvalue weighted by molar-refractivity contribution is 5.78. The molecule has 1 fully saturated rings. The Balaban J connectivity index is 1.41. The maximum Gasteiger partial charge on any atom is 0.227 e. The van der Waals surface area contributed by atoms with Crippen LogP contribution in [0.5, 0.6) is 0 Å². The molecule has 1 aromatic heterocycles. The molecule has 5 nitrogen and oxygen atoms in total. The molecule has 0 unspecified atom stereocenters. The van der Waals surface area contributed by atoms with Crippen LogP contribution in [0.4, 0.5) is 0 Å². The molecule has 1 amide bonds. The van der Waals surface area contributed by atoms with Crippen molar-refractivity contribution in [1.29, 1.82) is 0 Å². The van der Waals surface area contributed by atoms with E-state index in [-0.39, 0.29) is 12.0 Å². The number of rotatable bonds is 4. The monoisotopic (exact) mass is 347 g/mol. The van der Waals surface area contributed by atoms with Crippen LogP contribution in [0.3, 0.4) is 0 Å². The Hall–Kier alpha value is -2.92. The van der Waals surface area contributed by atoms with Crippen molar-refractivity contribution in [3.8, 4) is 5.69 Å². The molecule has 4 rings (SSSR count). The van der Waals surface area contributed by atoms with Crippen molar-refractivity contribution in [2.75, 3.05) is 19.7 Å². The minimum absolute atomic E-state index is 0.0547. The number of carbonyl (C=O) groups excluding carboxylic acids is 1. The third-order valence-electron chi connectivity index (χ3n) is 4.60. The van der Waals surface area contributed by atoms with E-state index in [1.165, 1.54) is 0 Å². The second-order valence-corrected chi connectivity index (χ2v) is 6.42. The van der Waals surface area contributed by atoms with Crippen LogP contribution < -0.4 is 0 Å². The fourth-order valence-electron chi connectivity index (χ4n) is 3.20. The molecule has 3 aromatic rings. The highest BCUT2D eigenvalue weighted by Gasteiger charge is 2.25. The van der Waals surface area contributed by atoms with E-state index >= 15 is 0 Å². The third-order valence-corrected chi connectivity index (χ3v) is 4.60. The summed E-state index contributed by atoms with van der Waals surface area (Å²) in [6, 6.07) is 20.0. The number of carbonyl (C=O) groups is 1. The molecule has 1 saturated heterocycles. The number of hydrogen-bond acceptors (Lipinski definition) is 3. The van der Waals surface area contributed by atoms with Crippen LogP contribution in [0.25, 0.3) is 5.69 Å². The molecule has 1 aliphatic heterocycles. The van der Waals surface area contributed by atoms with Gasteiger partial charge in [0.15, 0.2) is 0 Å². The van der Waals surface area contributed by atoms with Crippen molar-refractivity contribution in [2.24, 2.45) is 0 Å². The summed E-state index contributed by atoms with van der Waals surface area (Å²) in [4.78, 5) is 14.6. The van der Waals surface area contributed by atoms with E-state index in [2.05, 4.69) is 5.10 Å². The summed E-state index contributed by atoms with van der Waals surface area (Å²) in [5, 5.41) is 4.37. The van der Waals surface area contributed by atoms with Gasteiger partial charge in [0.1, 0.15) is 6.10 Å². The standard InChI is InChI=1S/C21H21N3O2/c25-21(13-17-14-22-24(15-17)19-9-5-2-6-10-19)23-11-12-26-20(16-23)18-7-3-1-4-8-18/h1-10,14-15,20H,11-13,16H2/t20-/m1/s1. The van der Waals surface area contributed by atoms with E-state index in [4.69, 9.17) is 4.74 Å². The number of para-hydroxylation sites is 1. The Kier molecular flexibility index (Phi) is 4.80. The molecule has 2 heterocycles. The van der Waals surface area contributed by atoms with Gasteiger partial charge >= 0.3 is 0 Å². The summed E-state index contributed by atoms with van der Waals surface area (Å²) >= 11 is 0. The largest absolute Gasteiger partial charge is 0.370 e. The quantitative estimate of drug-likeness (QED) is 0.729. The van der Waals surface area contributed by atoms with Crippen LogP contribution in [0.2, 0.25) is 0 Å². The number of aromatic nitrogens is 2. The van der Waals surface area contributed by atoms with Crippen molar-refractivity contribution in [3.05, 3.63) is 84.2 Å². The lowest BCUT2D eigenvalue weighted by Gasteiger charge is -2.33. The minimum Gasteiger partial charge on any atom is -0.370 e. The molecule has 1 atom stereocenters. The molecule has 26 heavy (non-hydrogen) atoms. The van der Waals surface area contributed by atoms with Gasteiger partial charge in [0.05, 0.1) is 31.5 Å². The summed E-state index contributed by atoms with van der Waals surface area (Å²) in [6.07, 6.45) is 3.98. The summed E-state index contributed by atoms with van der Waals surface area (Å²) in [7, 11) is 0. The second kappa shape index (κ2) is 7.54. The molecule has 0 bridgehead atoms. The van der Waals surface area contributed by atoms with Crippen LogP contribution in [0.1, 0.15) is 17.2 Å². The molecule has 2 aromatic carbocycles. The summed E-state index contributed by atoms with van der Waals surface area (Å²) in [5.74, 6) is 0.113. The van der Waals surface area contributed by atoms with Gasteiger partial charge in [-0.1, -0.05) is 48.5 Å². The minimum atomic E-state index is -0.0547. The second-order valence-electron chi connectivity index (χ2n) is 6.42. The van der Waals surface area contributed by atoms with E-state index in [0.29, 0.717) is 26.1 Å². The highest BCUT2D eigenvalue weighted by atomic mass is 16.5. The predicted molar refractivity (Wildman–Crippen MR) is 99.0 cm³/mol. The van der Waals surface area contributed by atoms with Gasteiger partial charge in [0.25, 0.3) is 0 Å². The number of benzene rings is 2. The zero-order valence-electron chi connectivity index (χ0n) is 14.5. The molecule has 1 aliphatic rings. The van der Waals surface area contributed by atoms with Crippen LogP contribution in [-0.2, 0) is 16.0 Å². The Morgan fingerprint density at radius 2 is 1.81 bits per heavy atom. The average molecular weight is 347 g/mol. The maximum atomic E-state index is 12.7. The number of morpholine rings is 1. The SMILES string of the molecule is O=C(Cc1cnn(-c2ccccc2)c1)N1CCO[C@@H](c2ccccc2)C1. The van der Waals surface area contributed by atoms with E-state index in [1.807, 2.05) is 71.8 Å². The predicted octanol–water partition coefficient (Wildman–Crippen LogP) is 3.01. The van der Waals surface area contributed by atoms with Gasteiger partial charge in [-0.3, -0.25) is 4.79 Å². The fraction of sp³-hybridized carbons (Fsp3) is 0.238. The molecule has 0 radical (unpaired) electrons. The smallest absolute Gasteiger partial charge is 0.227 e. The van der Waals surface area contributed by atoms with Crippen LogP contribution >= 0.6 is 0 Å². The molecule has 0 spiro atoms. The van der Waals surface area contributed by atoms with Gasteiger partial charge in [-0.15, -0.1) is 0 Å². The number of hydrogen-bond donors (Lipinski definition) is 0.